The maximum atomic E-state index is 12.1. The molecule has 2 amide bonds. The summed E-state index contributed by atoms with van der Waals surface area (Å²) in [4.78, 5) is 24.3. The molecule has 110 valence electrons. The van der Waals surface area contributed by atoms with Gasteiger partial charge in [-0.15, -0.1) is 0 Å². The second kappa shape index (κ2) is 7.08. The number of hydrogen-bond donors (Lipinski definition) is 2. The van der Waals surface area contributed by atoms with E-state index in [-0.39, 0.29) is 24.3 Å². The summed E-state index contributed by atoms with van der Waals surface area (Å²) in [5, 5.41) is 13.1. The number of amides is 2. The van der Waals surface area contributed by atoms with Crippen molar-refractivity contribution in [1.29, 1.82) is 0 Å². The van der Waals surface area contributed by atoms with Gasteiger partial charge in [-0.1, -0.05) is 52.3 Å². The van der Waals surface area contributed by atoms with Crippen LogP contribution in [0.3, 0.4) is 0 Å². The van der Waals surface area contributed by atoms with Crippen LogP contribution in [-0.2, 0) is 4.79 Å². The minimum absolute atomic E-state index is 0.112. The van der Waals surface area contributed by atoms with Crippen molar-refractivity contribution in [3.63, 3.8) is 0 Å². The van der Waals surface area contributed by atoms with E-state index in [2.05, 4.69) is 21.2 Å². The van der Waals surface area contributed by atoms with Gasteiger partial charge in [0.15, 0.2) is 0 Å². The molecule has 2 aromatic carbocycles. The second-order valence-electron chi connectivity index (χ2n) is 4.41. The number of benzene rings is 2. The molecule has 0 unspecified atom stereocenters. The van der Waals surface area contributed by atoms with Crippen LogP contribution in [0.2, 0.25) is 0 Å². The zero-order valence-corrected chi connectivity index (χ0v) is 12.8. The average Bonchev–Trinajstić information content (AvgIpc) is 2.50. The standard InChI is InChI=1S/C15H15BrN2O3/c16-10-14(19)18(9-8-17-15(20)21)13-7-3-5-11-4-1-2-6-12(11)13/h1-7,17H,8-10H2,(H,20,21). The van der Waals surface area contributed by atoms with Gasteiger partial charge in [0.05, 0.1) is 11.0 Å². The molecule has 2 N–H and O–H groups in total. The van der Waals surface area contributed by atoms with Crippen LogP contribution < -0.4 is 10.2 Å². The van der Waals surface area contributed by atoms with E-state index in [9.17, 15) is 9.59 Å². The summed E-state index contributed by atoms with van der Waals surface area (Å²) < 4.78 is 0. The van der Waals surface area contributed by atoms with Crippen LogP contribution in [0.25, 0.3) is 10.8 Å². The van der Waals surface area contributed by atoms with Gasteiger partial charge in [0.25, 0.3) is 0 Å². The van der Waals surface area contributed by atoms with Crippen LogP contribution in [0.1, 0.15) is 0 Å². The highest BCUT2D eigenvalue weighted by Crippen LogP contribution is 2.26. The summed E-state index contributed by atoms with van der Waals surface area (Å²) in [6.45, 7) is 0.460. The molecule has 6 heteroatoms. The number of fused-ring (bicyclic) bond motifs is 1. The molecule has 0 bridgehead atoms. The Labute approximate surface area is 130 Å². The molecule has 0 saturated heterocycles. The molecule has 0 aliphatic heterocycles. The van der Waals surface area contributed by atoms with Crippen molar-refractivity contribution in [3.05, 3.63) is 42.5 Å². The molecule has 0 atom stereocenters. The average molecular weight is 351 g/mol. The molecule has 5 nitrogen and oxygen atoms in total. The van der Waals surface area contributed by atoms with Crippen molar-refractivity contribution >= 4 is 44.4 Å². The van der Waals surface area contributed by atoms with Crippen LogP contribution in [0.15, 0.2) is 42.5 Å². The predicted octanol–water partition coefficient (Wildman–Crippen LogP) is 2.84. The zero-order valence-electron chi connectivity index (χ0n) is 11.3. The van der Waals surface area contributed by atoms with Gasteiger partial charge < -0.3 is 15.3 Å². The summed E-state index contributed by atoms with van der Waals surface area (Å²) >= 11 is 3.17. The number of carbonyl (C=O) groups excluding carboxylic acids is 1. The Bertz CT molecular complexity index is 655. The van der Waals surface area contributed by atoms with Crippen LogP contribution in [0.4, 0.5) is 10.5 Å². The Morgan fingerprint density at radius 3 is 2.57 bits per heavy atom. The molecule has 0 fully saturated rings. The second-order valence-corrected chi connectivity index (χ2v) is 4.97. The fourth-order valence-corrected chi connectivity index (χ4v) is 2.47. The lowest BCUT2D eigenvalue weighted by atomic mass is 10.1. The SMILES string of the molecule is O=C(O)NCCN(C(=O)CBr)c1cccc2ccccc12. The van der Waals surface area contributed by atoms with Gasteiger partial charge in [-0.2, -0.15) is 0 Å². The van der Waals surface area contributed by atoms with Gasteiger partial charge in [0, 0.05) is 18.5 Å². The molecule has 2 rings (SSSR count). The minimum atomic E-state index is -1.10. The van der Waals surface area contributed by atoms with E-state index in [1.165, 1.54) is 0 Å². The lowest BCUT2D eigenvalue weighted by Crippen LogP contribution is -2.39. The minimum Gasteiger partial charge on any atom is -0.465 e. The van der Waals surface area contributed by atoms with Crippen molar-refractivity contribution < 1.29 is 14.7 Å². The lowest BCUT2D eigenvalue weighted by molar-refractivity contribution is -0.116. The number of hydrogen-bond acceptors (Lipinski definition) is 2. The highest BCUT2D eigenvalue weighted by molar-refractivity contribution is 9.09. The zero-order chi connectivity index (χ0) is 15.2. The molecule has 0 aliphatic rings. The monoisotopic (exact) mass is 350 g/mol. The first-order valence-corrected chi connectivity index (χ1v) is 7.56. The number of alkyl halides is 1. The van der Waals surface area contributed by atoms with Gasteiger partial charge in [-0.3, -0.25) is 4.79 Å². The number of nitrogens with one attached hydrogen (secondary N) is 1. The van der Waals surface area contributed by atoms with E-state index in [4.69, 9.17) is 5.11 Å². The van der Waals surface area contributed by atoms with Gasteiger partial charge in [0.2, 0.25) is 5.91 Å². The highest BCUT2D eigenvalue weighted by Gasteiger charge is 2.16. The molecule has 21 heavy (non-hydrogen) atoms. The first-order chi connectivity index (χ1) is 10.1. The Hall–Kier alpha value is -2.08. The number of nitrogens with zero attached hydrogens (tertiary/aromatic N) is 1. The van der Waals surface area contributed by atoms with Crippen molar-refractivity contribution in [1.82, 2.24) is 5.32 Å². The van der Waals surface area contributed by atoms with E-state index in [1.807, 2.05) is 42.5 Å². The van der Waals surface area contributed by atoms with Crippen molar-refractivity contribution in [3.8, 4) is 0 Å². The van der Waals surface area contributed by atoms with Gasteiger partial charge in [0.1, 0.15) is 0 Å². The van der Waals surface area contributed by atoms with E-state index < -0.39 is 6.09 Å². The van der Waals surface area contributed by atoms with E-state index in [0.29, 0.717) is 0 Å². The largest absolute Gasteiger partial charge is 0.465 e. The van der Waals surface area contributed by atoms with E-state index in [0.717, 1.165) is 16.5 Å². The smallest absolute Gasteiger partial charge is 0.404 e. The van der Waals surface area contributed by atoms with E-state index >= 15 is 0 Å². The Morgan fingerprint density at radius 2 is 1.86 bits per heavy atom. The first kappa shape index (κ1) is 15.3. The fourth-order valence-electron chi connectivity index (χ4n) is 2.17. The number of halogens is 1. The summed E-state index contributed by atoms with van der Waals surface area (Å²) in [6.07, 6.45) is -1.10. The summed E-state index contributed by atoms with van der Waals surface area (Å²) in [6, 6.07) is 13.5. The third-order valence-electron chi connectivity index (χ3n) is 3.08. The molecule has 0 aliphatic carbocycles. The Balaban J connectivity index is 2.34. The number of rotatable bonds is 5. The van der Waals surface area contributed by atoms with Crippen molar-refractivity contribution in [2.24, 2.45) is 0 Å². The first-order valence-electron chi connectivity index (χ1n) is 6.44. The van der Waals surface area contributed by atoms with Gasteiger partial charge in [-0.05, 0) is 11.5 Å². The summed E-state index contributed by atoms with van der Waals surface area (Å²) in [7, 11) is 0. The molecule has 0 spiro atoms. The number of carboxylic acid groups (broad SMARTS) is 1. The third-order valence-corrected chi connectivity index (χ3v) is 3.56. The summed E-state index contributed by atoms with van der Waals surface area (Å²) in [5.41, 5.74) is 0.782. The highest BCUT2D eigenvalue weighted by atomic mass is 79.9. The maximum absolute atomic E-state index is 12.1. The van der Waals surface area contributed by atoms with Gasteiger partial charge >= 0.3 is 6.09 Å². The van der Waals surface area contributed by atoms with Crippen LogP contribution in [0.5, 0.6) is 0 Å². The van der Waals surface area contributed by atoms with Crippen molar-refractivity contribution in [2.45, 2.75) is 0 Å². The molecular weight excluding hydrogens is 336 g/mol. The number of carbonyl (C=O) groups is 2. The van der Waals surface area contributed by atoms with E-state index in [1.54, 1.807) is 4.90 Å². The normalized spacial score (nSPS) is 10.3. The molecular formula is C15H15BrN2O3. The number of anilines is 1. The molecule has 0 radical (unpaired) electrons. The topological polar surface area (TPSA) is 69.6 Å². The predicted molar refractivity (Wildman–Crippen MR) is 86.1 cm³/mol. The Kier molecular flexibility index (Phi) is 5.16. The maximum Gasteiger partial charge on any atom is 0.404 e. The molecule has 0 heterocycles. The fraction of sp³-hybridized carbons (Fsp3) is 0.200. The Morgan fingerprint density at radius 1 is 1.14 bits per heavy atom. The third kappa shape index (κ3) is 3.72. The van der Waals surface area contributed by atoms with Crippen LogP contribution >= 0.6 is 15.9 Å². The van der Waals surface area contributed by atoms with Crippen LogP contribution in [-0.4, -0.2) is 35.5 Å². The molecule has 0 aromatic heterocycles. The van der Waals surface area contributed by atoms with Gasteiger partial charge in [-0.25, -0.2) is 4.79 Å². The van der Waals surface area contributed by atoms with Crippen LogP contribution in [0, 0.1) is 0 Å². The molecule has 2 aromatic rings. The molecule has 0 saturated carbocycles. The summed E-state index contributed by atoms with van der Waals surface area (Å²) in [5.74, 6) is -0.112. The lowest BCUT2D eigenvalue weighted by Gasteiger charge is -2.23. The van der Waals surface area contributed by atoms with Crippen molar-refractivity contribution in [2.75, 3.05) is 23.3 Å². The quantitative estimate of drug-likeness (QED) is 0.814.